The van der Waals surface area contributed by atoms with Gasteiger partial charge in [0.2, 0.25) is 0 Å². The van der Waals surface area contributed by atoms with Gasteiger partial charge < -0.3 is 0 Å². The fourth-order valence-electron chi connectivity index (χ4n) is 2.05. The van der Waals surface area contributed by atoms with E-state index in [0.717, 1.165) is 11.4 Å². The minimum absolute atomic E-state index is 0.794. The molecule has 0 saturated carbocycles. The second kappa shape index (κ2) is 16.4. The molecule has 0 radical (unpaired) electrons. The number of rotatable bonds is 1. The van der Waals surface area contributed by atoms with E-state index in [9.17, 15) is 0 Å². The predicted molar refractivity (Wildman–Crippen MR) is 125 cm³/mol. The van der Waals surface area contributed by atoms with E-state index < -0.39 is 0 Å². The second-order valence-corrected chi connectivity index (χ2v) is 6.38. The van der Waals surface area contributed by atoms with E-state index in [1.54, 1.807) is 0 Å². The van der Waals surface area contributed by atoms with Crippen LogP contribution in [0.1, 0.15) is 18.1 Å². The van der Waals surface area contributed by atoms with Gasteiger partial charge in [0.05, 0.1) is 0 Å². The minimum atomic E-state index is 0.794. The van der Waals surface area contributed by atoms with Crippen molar-refractivity contribution >= 4 is 11.6 Å². The molecule has 0 aromatic heterocycles. The summed E-state index contributed by atoms with van der Waals surface area (Å²) in [4.78, 5) is 0. The molecule has 0 aliphatic heterocycles. The maximum atomic E-state index is 5.54. The molecule has 0 aliphatic rings. The lowest BCUT2D eigenvalue weighted by molar-refractivity contribution is 1.14. The molecule has 0 atom stereocenters. The van der Waals surface area contributed by atoms with Crippen molar-refractivity contribution in [3.8, 4) is 0 Å². The smallest absolute Gasteiger partial charge is 0.0405 e. The summed E-state index contributed by atoms with van der Waals surface area (Å²) in [5, 5.41) is 0.794. The lowest BCUT2D eigenvalue weighted by atomic mass is 10.2. The molecule has 28 heavy (non-hydrogen) atoms. The molecule has 144 valence electrons. The lowest BCUT2D eigenvalue weighted by Gasteiger charge is -1.89. The number of hydrogen-bond donors (Lipinski definition) is 0. The van der Waals surface area contributed by atoms with Crippen LogP contribution in [0.15, 0.2) is 127 Å². The van der Waals surface area contributed by atoms with E-state index in [4.69, 9.17) is 11.6 Å². The Bertz CT molecular complexity index is 733. The highest BCUT2D eigenvalue weighted by molar-refractivity contribution is 6.30. The third kappa shape index (κ3) is 13.4. The Balaban J connectivity index is 0.000000188. The van der Waals surface area contributed by atoms with Crippen LogP contribution in [0.5, 0.6) is 0 Å². The Morgan fingerprint density at radius 1 is 0.500 bits per heavy atom. The first-order valence-electron chi connectivity index (χ1n) is 9.48. The summed E-state index contributed by atoms with van der Waals surface area (Å²) in [6, 6.07) is 42.2. The third-order valence-electron chi connectivity index (χ3n) is 3.59. The van der Waals surface area contributed by atoms with Gasteiger partial charge in [-0.15, -0.1) is 0 Å². The van der Waals surface area contributed by atoms with E-state index in [0.29, 0.717) is 0 Å². The molecular weight excluding hydrogens is 360 g/mol. The highest BCUT2D eigenvalue weighted by atomic mass is 35.5. The zero-order valence-electron chi connectivity index (χ0n) is 16.7. The van der Waals surface area contributed by atoms with Crippen molar-refractivity contribution in [2.75, 3.05) is 0 Å². The quantitative estimate of drug-likeness (QED) is 0.307. The molecule has 0 N–H and O–H groups in total. The summed E-state index contributed by atoms with van der Waals surface area (Å²) in [7, 11) is 0. The number of halogens is 1. The standard InChI is InChI=1S/C8H10.C7H8.C6H5Cl.C6H6/c1-2-8-6-4-3-5-7-8;1-7-5-3-2-4-6-7;7-6-4-2-1-3-5-6;1-2-4-6-5-3-1/h3-7H,2H2,1H3;2-6H,1H3;1-5H;1-6H. The molecule has 0 saturated heterocycles. The molecule has 0 spiro atoms. The predicted octanol–water partition coefficient (Wildman–Crippen LogP) is 8.27. The van der Waals surface area contributed by atoms with Crippen LogP contribution in [0, 0.1) is 6.92 Å². The van der Waals surface area contributed by atoms with Crippen LogP contribution in [0.3, 0.4) is 0 Å². The maximum Gasteiger partial charge on any atom is 0.0405 e. The first-order chi connectivity index (χ1) is 13.7. The SMILES string of the molecule is CCc1ccccc1.Cc1ccccc1.Clc1ccccc1.c1ccccc1. The van der Waals surface area contributed by atoms with Gasteiger partial charge in [0, 0.05) is 5.02 Å². The zero-order chi connectivity index (χ0) is 20.3. The maximum absolute atomic E-state index is 5.54. The van der Waals surface area contributed by atoms with Gasteiger partial charge in [0.15, 0.2) is 0 Å². The van der Waals surface area contributed by atoms with Crippen molar-refractivity contribution in [3.63, 3.8) is 0 Å². The van der Waals surface area contributed by atoms with Gasteiger partial charge in [-0.3, -0.25) is 0 Å². The second-order valence-electron chi connectivity index (χ2n) is 5.94. The normalized spacial score (nSPS) is 8.68. The molecule has 0 heterocycles. The van der Waals surface area contributed by atoms with Gasteiger partial charge in [-0.2, -0.15) is 0 Å². The average molecular weight is 389 g/mol. The zero-order valence-corrected chi connectivity index (χ0v) is 17.5. The van der Waals surface area contributed by atoms with Gasteiger partial charge in [-0.05, 0) is 31.0 Å². The number of benzene rings is 4. The summed E-state index contributed by atoms with van der Waals surface area (Å²) in [6.45, 7) is 4.25. The van der Waals surface area contributed by atoms with Gasteiger partial charge in [-0.25, -0.2) is 0 Å². The van der Waals surface area contributed by atoms with E-state index in [1.807, 2.05) is 91.0 Å². The van der Waals surface area contributed by atoms with Gasteiger partial charge in [-0.1, -0.05) is 139 Å². The van der Waals surface area contributed by atoms with E-state index >= 15 is 0 Å². The largest absolute Gasteiger partial charge is 0.0843 e. The van der Waals surface area contributed by atoms with Crippen LogP contribution >= 0.6 is 11.6 Å². The number of hydrogen-bond acceptors (Lipinski definition) is 0. The Morgan fingerprint density at radius 2 is 0.821 bits per heavy atom. The molecule has 0 bridgehead atoms. The monoisotopic (exact) mass is 388 g/mol. The van der Waals surface area contributed by atoms with Crippen LogP contribution < -0.4 is 0 Å². The first kappa shape index (κ1) is 23.2. The molecule has 0 unspecified atom stereocenters. The highest BCUT2D eigenvalue weighted by Gasteiger charge is 1.80. The highest BCUT2D eigenvalue weighted by Crippen LogP contribution is 2.03. The van der Waals surface area contributed by atoms with Crippen molar-refractivity contribution in [2.24, 2.45) is 0 Å². The summed E-state index contributed by atoms with van der Waals surface area (Å²) in [6.07, 6.45) is 1.14. The van der Waals surface area contributed by atoms with Crippen molar-refractivity contribution in [1.82, 2.24) is 0 Å². The van der Waals surface area contributed by atoms with Crippen LogP contribution in [-0.2, 0) is 6.42 Å². The van der Waals surface area contributed by atoms with E-state index in [2.05, 4.69) is 50.2 Å². The fourth-order valence-corrected chi connectivity index (χ4v) is 2.19. The molecule has 4 aromatic carbocycles. The molecule has 0 amide bonds. The summed E-state index contributed by atoms with van der Waals surface area (Å²) < 4.78 is 0. The average Bonchev–Trinajstić information content (AvgIpc) is 2.78. The van der Waals surface area contributed by atoms with Gasteiger partial charge >= 0.3 is 0 Å². The van der Waals surface area contributed by atoms with Crippen molar-refractivity contribution in [2.45, 2.75) is 20.3 Å². The summed E-state index contributed by atoms with van der Waals surface area (Å²) >= 11 is 5.54. The number of aryl methyl sites for hydroxylation is 2. The van der Waals surface area contributed by atoms with Crippen molar-refractivity contribution in [3.05, 3.63) is 144 Å². The molecule has 0 nitrogen and oxygen atoms in total. The molecule has 4 rings (SSSR count). The van der Waals surface area contributed by atoms with E-state index in [1.165, 1.54) is 11.1 Å². The molecule has 0 aliphatic carbocycles. The van der Waals surface area contributed by atoms with Crippen molar-refractivity contribution in [1.29, 1.82) is 0 Å². The van der Waals surface area contributed by atoms with Crippen molar-refractivity contribution < 1.29 is 0 Å². The van der Waals surface area contributed by atoms with Crippen LogP contribution in [0.2, 0.25) is 5.02 Å². The van der Waals surface area contributed by atoms with Crippen LogP contribution in [0.25, 0.3) is 0 Å². The summed E-state index contributed by atoms with van der Waals surface area (Å²) in [5.74, 6) is 0. The Morgan fingerprint density at radius 3 is 1.04 bits per heavy atom. The van der Waals surface area contributed by atoms with E-state index in [-0.39, 0.29) is 0 Å². The Hall–Kier alpha value is -2.83. The third-order valence-corrected chi connectivity index (χ3v) is 3.84. The molecule has 0 fully saturated rings. The van der Waals surface area contributed by atoms with Crippen LogP contribution in [-0.4, -0.2) is 0 Å². The molecule has 4 aromatic rings. The van der Waals surface area contributed by atoms with Gasteiger partial charge in [0.25, 0.3) is 0 Å². The summed E-state index contributed by atoms with van der Waals surface area (Å²) in [5.41, 5.74) is 2.73. The Kier molecular flexibility index (Phi) is 13.6. The van der Waals surface area contributed by atoms with Crippen LogP contribution in [0.4, 0.5) is 0 Å². The fraction of sp³-hybridized carbons (Fsp3) is 0.111. The molecular formula is C27H29Cl. The minimum Gasteiger partial charge on any atom is -0.0843 e. The topological polar surface area (TPSA) is 0 Å². The first-order valence-corrected chi connectivity index (χ1v) is 9.86. The van der Waals surface area contributed by atoms with Gasteiger partial charge in [0.1, 0.15) is 0 Å². The lowest BCUT2D eigenvalue weighted by Crippen LogP contribution is -1.73. The Labute approximate surface area is 175 Å². The molecule has 1 heteroatoms.